The molecule has 2 rings (SSSR count). The van der Waals surface area contributed by atoms with Gasteiger partial charge in [0.2, 0.25) is 0 Å². The predicted octanol–water partition coefficient (Wildman–Crippen LogP) is 2.96. The summed E-state index contributed by atoms with van der Waals surface area (Å²) in [7, 11) is 0. The van der Waals surface area contributed by atoms with Crippen molar-refractivity contribution >= 4 is 5.97 Å². The van der Waals surface area contributed by atoms with E-state index in [0.29, 0.717) is 0 Å². The fourth-order valence-corrected chi connectivity index (χ4v) is 2.13. The van der Waals surface area contributed by atoms with Gasteiger partial charge in [-0.1, -0.05) is 12.8 Å². The van der Waals surface area contributed by atoms with E-state index in [2.05, 4.69) is 12.1 Å². The minimum Gasteiger partial charge on any atom is -0.497 e. The molecule has 1 atom stereocenters. The van der Waals surface area contributed by atoms with Gasteiger partial charge in [0, 0.05) is 32.7 Å². The van der Waals surface area contributed by atoms with Gasteiger partial charge >= 0.3 is 5.97 Å². The molecule has 17 heavy (non-hydrogen) atoms. The number of hydrogen-bond donors (Lipinski definition) is 1. The van der Waals surface area contributed by atoms with Crippen LogP contribution in [0.4, 0.5) is 0 Å². The first-order valence-electron chi connectivity index (χ1n) is 5.55. The minimum atomic E-state index is -0.761. The second-order valence-electron chi connectivity index (χ2n) is 4.02. The van der Waals surface area contributed by atoms with Gasteiger partial charge < -0.3 is 11.2 Å². The molecule has 0 saturated heterocycles. The number of carboxylic acids is 1. The first kappa shape index (κ1) is 14.6. The van der Waals surface area contributed by atoms with Crippen LogP contribution in [-0.4, -0.2) is 11.1 Å². The normalized spacial score (nSPS) is 15.9. The molecule has 1 unspecified atom stereocenters. The van der Waals surface area contributed by atoms with Crippen LogP contribution in [-0.2, 0) is 37.5 Å². The van der Waals surface area contributed by atoms with Gasteiger partial charge in [0.15, 0.2) is 0 Å². The number of carboxylic acid groups (broad SMARTS) is 1. The van der Waals surface area contributed by atoms with Gasteiger partial charge in [-0.05, 0) is 5.92 Å². The quantitative estimate of drug-likeness (QED) is 0.868. The average molecular weight is 303 g/mol. The van der Waals surface area contributed by atoms with Crippen LogP contribution in [0.1, 0.15) is 37.2 Å². The molecule has 0 fully saturated rings. The molecule has 1 aliphatic rings. The van der Waals surface area contributed by atoms with Crippen LogP contribution in [0.3, 0.4) is 0 Å². The largest absolute Gasteiger partial charge is 0.497 e. The Morgan fingerprint density at radius 1 is 1.47 bits per heavy atom. The molecule has 1 aromatic rings. The number of benzene rings is 1. The first-order chi connectivity index (χ1) is 7.77. The summed E-state index contributed by atoms with van der Waals surface area (Å²) in [6, 6.07) is 10.7. The molecule has 3 heteroatoms. The topological polar surface area (TPSA) is 37.3 Å². The van der Waals surface area contributed by atoms with Crippen molar-refractivity contribution in [1.29, 1.82) is 0 Å². The molecule has 1 radical (unpaired) electrons. The third-order valence-corrected chi connectivity index (χ3v) is 2.88. The fourth-order valence-electron chi connectivity index (χ4n) is 2.13. The number of aliphatic carboxylic acids is 1. The molecule has 87 valence electrons. The second-order valence-corrected chi connectivity index (χ2v) is 4.02. The Bertz CT molecular complexity index is 398. The summed E-state index contributed by atoms with van der Waals surface area (Å²) < 4.78 is 0. The van der Waals surface area contributed by atoms with Crippen molar-refractivity contribution in [3.8, 4) is 0 Å². The van der Waals surface area contributed by atoms with Gasteiger partial charge in [-0.3, -0.25) is 4.79 Å². The number of hydrogen-bond acceptors (Lipinski definition) is 1. The first-order valence-corrected chi connectivity index (χ1v) is 5.55. The molecular weight excluding hydrogens is 289 g/mol. The summed E-state index contributed by atoms with van der Waals surface area (Å²) in [4.78, 5) is 10.9. The van der Waals surface area contributed by atoms with Crippen LogP contribution in [0, 0.1) is 12.1 Å². The van der Waals surface area contributed by atoms with Crippen molar-refractivity contribution in [3.05, 3.63) is 47.5 Å². The van der Waals surface area contributed by atoms with E-state index >= 15 is 0 Å². The van der Waals surface area contributed by atoms with E-state index < -0.39 is 5.97 Å². The van der Waals surface area contributed by atoms with Crippen molar-refractivity contribution in [3.63, 3.8) is 0 Å². The van der Waals surface area contributed by atoms with E-state index in [9.17, 15) is 4.79 Å². The molecule has 0 amide bonds. The van der Waals surface area contributed by atoms with Gasteiger partial charge in [0.05, 0.1) is 6.42 Å². The van der Waals surface area contributed by atoms with E-state index in [1.165, 1.54) is 0 Å². The van der Waals surface area contributed by atoms with Crippen LogP contribution in [0.2, 0.25) is 0 Å². The Morgan fingerprint density at radius 3 is 2.82 bits per heavy atom. The molecule has 0 bridgehead atoms. The second kappa shape index (κ2) is 7.08. The smallest absolute Gasteiger partial charge is 0.304 e. The van der Waals surface area contributed by atoms with E-state index in [4.69, 9.17) is 5.11 Å². The van der Waals surface area contributed by atoms with Gasteiger partial charge in [0.1, 0.15) is 0 Å². The van der Waals surface area contributed by atoms with Gasteiger partial charge in [-0.15, -0.1) is 0 Å². The molecule has 0 heterocycles. The van der Waals surface area contributed by atoms with E-state index in [-0.39, 0.29) is 45.0 Å². The van der Waals surface area contributed by atoms with Crippen LogP contribution in [0.25, 0.3) is 0 Å². The molecule has 2 nitrogen and oxygen atoms in total. The Morgan fingerprint density at radius 2 is 2.29 bits per heavy atom. The number of allylic oxidation sites excluding steroid dienone is 2. The van der Waals surface area contributed by atoms with Crippen molar-refractivity contribution in [1.82, 2.24) is 0 Å². The predicted molar refractivity (Wildman–Crippen MR) is 60.9 cm³/mol. The van der Waals surface area contributed by atoms with Crippen LogP contribution < -0.4 is 0 Å². The third-order valence-electron chi connectivity index (χ3n) is 2.88. The monoisotopic (exact) mass is 303 g/mol. The van der Waals surface area contributed by atoms with Crippen LogP contribution >= 0.6 is 0 Å². The summed E-state index contributed by atoms with van der Waals surface area (Å²) in [6.45, 7) is 0. The molecule has 0 aromatic heterocycles. The zero-order valence-electron chi connectivity index (χ0n) is 9.65. The molecule has 1 aromatic carbocycles. The van der Waals surface area contributed by atoms with Crippen molar-refractivity contribution in [2.45, 2.75) is 31.6 Å². The Kier molecular flexibility index (Phi) is 6.07. The standard InChI is InChI=1S/C14H14O2.Y/c15-14(16)10-13(12-8-4-5-9-12)11-6-2-1-3-7-11;/h1-3,6,13H,4-5,8,10H2,(H,15,16);/q-2;. The molecule has 1 N–H and O–H groups in total. The van der Waals surface area contributed by atoms with Crippen LogP contribution in [0.15, 0.2) is 29.8 Å². The van der Waals surface area contributed by atoms with Crippen molar-refractivity contribution in [2.24, 2.45) is 0 Å². The molecule has 0 aliphatic heterocycles. The number of carbonyl (C=O) groups is 1. The Balaban J connectivity index is 0.00000144. The average Bonchev–Trinajstić information content (AvgIpc) is 2.80. The molecule has 0 spiro atoms. The summed E-state index contributed by atoms with van der Waals surface area (Å²) in [5, 5.41) is 8.95. The maximum atomic E-state index is 10.9. The zero-order valence-corrected chi connectivity index (χ0v) is 12.5. The maximum absolute atomic E-state index is 10.9. The molecular formula is C14H14O2Y-2. The van der Waals surface area contributed by atoms with Crippen molar-refractivity contribution in [2.75, 3.05) is 0 Å². The summed E-state index contributed by atoms with van der Waals surface area (Å²) in [5.74, 6) is -0.801. The minimum absolute atomic E-state index is 0. The van der Waals surface area contributed by atoms with E-state index in [1.807, 2.05) is 24.3 Å². The SMILES string of the molecule is O=C(O)CC(C1=[C-]CCC1)c1[c-]cccc1.[Y]. The van der Waals surface area contributed by atoms with Gasteiger partial charge in [-0.25, -0.2) is 5.57 Å². The van der Waals surface area contributed by atoms with Gasteiger partial charge in [-0.2, -0.15) is 42.3 Å². The van der Waals surface area contributed by atoms with Gasteiger partial charge in [0.25, 0.3) is 0 Å². The molecule has 1 aliphatic carbocycles. The Labute approximate surface area is 127 Å². The summed E-state index contributed by atoms with van der Waals surface area (Å²) in [5.41, 5.74) is 2.11. The molecule has 0 saturated carbocycles. The van der Waals surface area contributed by atoms with Crippen molar-refractivity contribution < 1.29 is 42.6 Å². The number of rotatable bonds is 4. The zero-order chi connectivity index (χ0) is 11.4. The van der Waals surface area contributed by atoms with E-state index in [1.54, 1.807) is 0 Å². The summed E-state index contributed by atoms with van der Waals surface area (Å²) >= 11 is 0. The summed E-state index contributed by atoms with van der Waals surface area (Å²) in [6.07, 6.45) is 6.46. The third kappa shape index (κ3) is 4.04. The maximum Gasteiger partial charge on any atom is 0.304 e. The fraction of sp³-hybridized carbons (Fsp3) is 0.357. The van der Waals surface area contributed by atoms with E-state index in [0.717, 1.165) is 30.4 Å². The van der Waals surface area contributed by atoms with Crippen LogP contribution in [0.5, 0.6) is 0 Å². The Hall–Kier alpha value is -0.466.